The molecule has 3 rings (SSSR count). The molecule has 7 heteroatoms. The van der Waals surface area contributed by atoms with E-state index >= 15 is 0 Å². The van der Waals surface area contributed by atoms with Gasteiger partial charge >= 0.3 is 0 Å². The number of carbonyl (C=O) groups is 1. The van der Waals surface area contributed by atoms with Gasteiger partial charge in [-0.2, -0.15) is 10.4 Å². The molecule has 0 unspecified atom stereocenters. The number of nitrogens with zero attached hydrogens (tertiary/aromatic N) is 2. The summed E-state index contributed by atoms with van der Waals surface area (Å²) in [5.41, 5.74) is 2.65. The van der Waals surface area contributed by atoms with Crippen LogP contribution in [0.2, 0.25) is 0 Å². The van der Waals surface area contributed by atoms with E-state index in [1.54, 1.807) is 17.6 Å². The predicted octanol–water partition coefficient (Wildman–Crippen LogP) is 0.844. The Balaban J connectivity index is 1.88. The van der Waals surface area contributed by atoms with E-state index in [0.717, 1.165) is 10.9 Å². The SMILES string of the molecule is COc1ccc(C=N[NH2+]c2ccc3ccccc3n2)c(C(=O)[O-])c1OC. The van der Waals surface area contributed by atoms with Crippen LogP contribution in [0.3, 0.4) is 0 Å². The maximum Gasteiger partial charge on any atom is 0.251 e. The second-order valence-electron chi connectivity index (χ2n) is 5.39. The first-order valence-electron chi connectivity index (χ1n) is 7.82. The van der Waals surface area contributed by atoms with Crippen molar-refractivity contribution in [2.45, 2.75) is 0 Å². The molecule has 0 aliphatic rings. The molecular weight excluding hydrogens is 334 g/mol. The average molecular weight is 351 g/mol. The zero-order valence-corrected chi connectivity index (χ0v) is 14.3. The fraction of sp³-hybridized carbons (Fsp3) is 0.105. The van der Waals surface area contributed by atoms with Crippen LogP contribution in [0.1, 0.15) is 15.9 Å². The number of aromatic nitrogens is 1. The maximum absolute atomic E-state index is 11.5. The molecule has 132 valence electrons. The van der Waals surface area contributed by atoms with E-state index in [9.17, 15) is 9.90 Å². The quantitative estimate of drug-likeness (QED) is 0.403. The predicted molar refractivity (Wildman–Crippen MR) is 94.8 cm³/mol. The van der Waals surface area contributed by atoms with Crippen LogP contribution in [-0.4, -0.2) is 31.4 Å². The monoisotopic (exact) mass is 351 g/mol. The van der Waals surface area contributed by atoms with Gasteiger partial charge in [0.15, 0.2) is 11.5 Å². The number of para-hydroxylation sites is 1. The Morgan fingerprint density at radius 3 is 2.65 bits per heavy atom. The van der Waals surface area contributed by atoms with Gasteiger partial charge in [0.2, 0.25) is 0 Å². The lowest BCUT2D eigenvalue weighted by molar-refractivity contribution is -0.580. The van der Waals surface area contributed by atoms with Crippen molar-refractivity contribution in [3.05, 3.63) is 59.7 Å². The molecule has 0 saturated heterocycles. The fourth-order valence-electron chi connectivity index (χ4n) is 2.61. The van der Waals surface area contributed by atoms with Crippen molar-refractivity contribution in [3.8, 4) is 11.5 Å². The summed E-state index contributed by atoms with van der Waals surface area (Å²) in [5.74, 6) is -0.300. The molecule has 0 aliphatic heterocycles. The number of hydrogen-bond donors (Lipinski definition) is 1. The Morgan fingerprint density at radius 1 is 1.12 bits per heavy atom. The van der Waals surface area contributed by atoms with Crippen molar-refractivity contribution in [2.75, 3.05) is 14.2 Å². The molecule has 0 atom stereocenters. The summed E-state index contributed by atoms with van der Waals surface area (Å²) in [7, 11) is 2.81. The van der Waals surface area contributed by atoms with E-state index in [1.165, 1.54) is 20.4 Å². The number of carbonyl (C=O) groups excluding carboxylic acids is 1. The van der Waals surface area contributed by atoms with Gasteiger partial charge in [0.05, 0.1) is 37.5 Å². The van der Waals surface area contributed by atoms with E-state index in [4.69, 9.17) is 9.47 Å². The molecule has 0 spiro atoms. The average Bonchev–Trinajstić information content (AvgIpc) is 2.67. The van der Waals surface area contributed by atoms with Crippen molar-refractivity contribution in [1.82, 2.24) is 4.98 Å². The number of carboxylic acid groups (broad SMARTS) is 1. The molecular formula is C19H17N3O4. The van der Waals surface area contributed by atoms with Gasteiger partial charge in [-0.15, -0.1) is 0 Å². The van der Waals surface area contributed by atoms with Gasteiger partial charge < -0.3 is 19.4 Å². The molecule has 2 aromatic carbocycles. The topological polar surface area (TPSA) is 100 Å². The molecule has 0 bridgehead atoms. The Hall–Kier alpha value is -3.45. The summed E-state index contributed by atoms with van der Waals surface area (Å²) < 4.78 is 10.3. The van der Waals surface area contributed by atoms with E-state index in [0.29, 0.717) is 17.1 Å². The van der Waals surface area contributed by atoms with Crippen LogP contribution in [-0.2, 0) is 0 Å². The Labute approximate surface area is 149 Å². The van der Waals surface area contributed by atoms with Crippen LogP contribution in [0.25, 0.3) is 10.9 Å². The van der Waals surface area contributed by atoms with E-state index in [1.807, 2.05) is 36.4 Å². The molecule has 1 heterocycles. The van der Waals surface area contributed by atoms with Crippen LogP contribution < -0.4 is 20.0 Å². The van der Waals surface area contributed by atoms with E-state index in [2.05, 4.69) is 10.1 Å². The number of quaternary nitrogens is 1. The number of ether oxygens (including phenoxy) is 2. The first kappa shape index (κ1) is 17.4. The minimum Gasteiger partial charge on any atom is -0.545 e. The molecule has 0 amide bonds. The molecule has 2 N–H and O–H groups in total. The van der Waals surface area contributed by atoms with Gasteiger partial charge in [-0.1, -0.05) is 23.3 Å². The standard InChI is InChI=1S/C19H17N3O4/c1-25-15-9-7-13(17(19(23)24)18(15)26-2)11-20-22-16-10-8-12-5-3-4-6-14(12)21-16/h3-11H,1-2H3,(H,21,22)(H,23,24). The molecule has 7 nitrogen and oxygen atoms in total. The van der Waals surface area contributed by atoms with Crippen LogP contribution >= 0.6 is 0 Å². The third kappa shape index (κ3) is 3.47. The minimum absolute atomic E-state index is 0.0975. The highest BCUT2D eigenvalue weighted by Crippen LogP contribution is 2.32. The van der Waals surface area contributed by atoms with Gasteiger partial charge in [0, 0.05) is 17.0 Å². The lowest BCUT2D eigenvalue weighted by Crippen LogP contribution is -2.71. The molecule has 0 aliphatic carbocycles. The molecule has 0 radical (unpaired) electrons. The lowest BCUT2D eigenvalue weighted by atomic mass is 10.1. The number of pyridine rings is 1. The van der Waals surface area contributed by atoms with Gasteiger partial charge in [0.25, 0.3) is 5.82 Å². The normalized spacial score (nSPS) is 11.0. The van der Waals surface area contributed by atoms with E-state index < -0.39 is 5.97 Å². The van der Waals surface area contributed by atoms with Gasteiger partial charge in [-0.25, -0.2) is 0 Å². The fourth-order valence-corrected chi connectivity index (χ4v) is 2.61. The number of carboxylic acids is 1. The number of aromatic carboxylic acids is 1. The Morgan fingerprint density at radius 2 is 1.92 bits per heavy atom. The lowest BCUT2D eigenvalue weighted by Gasteiger charge is -2.15. The molecule has 0 saturated carbocycles. The number of rotatable bonds is 6. The number of benzene rings is 2. The minimum atomic E-state index is -1.37. The molecule has 3 aromatic rings. The number of fused-ring (bicyclic) bond motifs is 1. The smallest absolute Gasteiger partial charge is 0.251 e. The third-order valence-corrected chi connectivity index (χ3v) is 3.82. The number of hydrogen-bond acceptors (Lipinski definition) is 6. The number of methoxy groups -OCH3 is 2. The van der Waals surface area contributed by atoms with Crippen LogP contribution in [0.15, 0.2) is 53.6 Å². The van der Waals surface area contributed by atoms with Crippen LogP contribution in [0.5, 0.6) is 11.5 Å². The first-order chi connectivity index (χ1) is 12.6. The maximum atomic E-state index is 11.5. The zero-order chi connectivity index (χ0) is 18.5. The molecule has 0 fully saturated rings. The van der Waals surface area contributed by atoms with Crippen molar-refractivity contribution in [2.24, 2.45) is 5.10 Å². The zero-order valence-electron chi connectivity index (χ0n) is 14.3. The van der Waals surface area contributed by atoms with Crippen molar-refractivity contribution in [3.63, 3.8) is 0 Å². The Bertz CT molecular complexity index is 986. The van der Waals surface area contributed by atoms with Crippen molar-refractivity contribution in [1.29, 1.82) is 0 Å². The summed E-state index contributed by atoms with van der Waals surface area (Å²) in [5, 5.41) is 16.7. The number of nitrogens with two attached hydrogens (primary N) is 1. The second kappa shape index (κ2) is 7.62. The first-order valence-corrected chi connectivity index (χ1v) is 7.82. The largest absolute Gasteiger partial charge is 0.545 e. The highest BCUT2D eigenvalue weighted by molar-refractivity contribution is 6.00. The highest BCUT2D eigenvalue weighted by atomic mass is 16.5. The summed E-state index contributed by atoms with van der Waals surface area (Å²) in [6.45, 7) is 0. The Kier molecular flexibility index (Phi) is 5.09. The second-order valence-corrected chi connectivity index (χ2v) is 5.39. The summed E-state index contributed by atoms with van der Waals surface area (Å²) >= 11 is 0. The molecule has 1 aromatic heterocycles. The van der Waals surface area contributed by atoms with Crippen molar-refractivity contribution >= 4 is 28.9 Å². The third-order valence-electron chi connectivity index (χ3n) is 3.82. The van der Waals surface area contributed by atoms with Crippen molar-refractivity contribution < 1.29 is 24.8 Å². The highest BCUT2D eigenvalue weighted by Gasteiger charge is 2.15. The summed E-state index contributed by atoms with van der Waals surface area (Å²) in [6.07, 6.45) is 1.42. The van der Waals surface area contributed by atoms with E-state index in [-0.39, 0.29) is 11.3 Å². The van der Waals surface area contributed by atoms with Gasteiger partial charge in [0.1, 0.15) is 0 Å². The van der Waals surface area contributed by atoms with Gasteiger partial charge in [-0.3, -0.25) is 0 Å². The van der Waals surface area contributed by atoms with Crippen LogP contribution in [0, 0.1) is 0 Å². The summed E-state index contributed by atoms with van der Waals surface area (Å²) in [4.78, 5) is 16.0. The molecule has 26 heavy (non-hydrogen) atoms. The summed E-state index contributed by atoms with van der Waals surface area (Å²) in [6, 6.07) is 14.7. The van der Waals surface area contributed by atoms with Crippen LogP contribution in [0.4, 0.5) is 5.82 Å². The van der Waals surface area contributed by atoms with Gasteiger partial charge in [-0.05, 0) is 24.3 Å².